The minimum Gasteiger partial charge on any atom is -0.353 e. The fourth-order valence-electron chi connectivity index (χ4n) is 4.24. The van der Waals surface area contributed by atoms with E-state index in [-0.39, 0.29) is 5.91 Å². The van der Waals surface area contributed by atoms with E-state index in [1.165, 1.54) is 17.7 Å². The first-order valence-corrected chi connectivity index (χ1v) is 11.4. The normalized spacial score (nSPS) is 17.6. The van der Waals surface area contributed by atoms with Crippen LogP contribution in [0, 0.1) is 6.92 Å². The highest BCUT2D eigenvalue weighted by molar-refractivity contribution is 7.13. The molecule has 4 heterocycles. The Labute approximate surface area is 179 Å². The number of piperazine rings is 1. The van der Waals surface area contributed by atoms with Crippen molar-refractivity contribution in [3.8, 4) is 11.4 Å². The Morgan fingerprint density at radius 3 is 2.57 bits per heavy atom. The number of hydrogen-bond acceptors (Lipinski definition) is 7. The van der Waals surface area contributed by atoms with E-state index in [1.54, 1.807) is 11.3 Å². The molecule has 0 N–H and O–H groups in total. The third-order valence-corrected chi connectivity index (χ3v) is 6.98. The Hall–Kier alpha value is -2.74. The average molecular weight is 424 g/mol. The summed E-state index contributed by atoms with van der Waals surface area (Å²) in [5, 5.41) is 4.15. The Morgan fingerprint density at radius 1 is 1.10 bits per heavy atom. The van der Waals surface area contributed by atoms with E-state index >= 15 is 0 Å². The van der Waals surface area contributed by atoms with Gasteiger partial charge in [-0.05, 0) is 44.0 Å². The number of rotatable bonds is 4. The van der Waals surface area contributed by atoms with Crippen LogP contribution in [0.3, 0.4) is 0 Å². The van der Waals surface area contributed by atoms with Crippen LogP contribution in [0.2, 0.25) is 0 Å². The summed E-state index contributed by atoms with van der Waals surface area (Å²) in [6.07, 6.45) is 6.57. The van der Waals surface area contributed by atoms with Gasteiger partial charge in [-0.2, -0.15) is 4.98 Å². The van der Waals surface area contributed by atoms with Crippen LogP contribution in [0.5, 0.6) is 0 Å². The zero-order valence-electron chi connectivity index (χ0n) is 17.1. The summed E-state index contributed by atoms with van der Waals surface area (Å²) < 4.78 is 5.49. The predicted octanol–water partition coefficient (Wildman–Crippen LogP) is 4.12. The van der Waals surface area contributed by atoms with Crippen LogP contribution in [0.15, 0.2) is 35.0 Å². The summed E-state index contributed by atoms with van der Waals surface area (Å²) in [5.41, 5.74) is 0.869. The number of amides is 1. The molecule has 1 amide bonds. The molecule has 7 nitrogen and oxygen atoms in total. The lowest BCUT2D eigenvalue weighted by atomic mass is 10.1. The molecule has 0 aromatic carbocycles. The van der Waals surface area contributed by atoms with Gasteiger partial charge in [0.2, 0.25) is 11.7 Å². The lowest BCUT2D eigenvalue weighted by Crippen LogP contribution is -2.48. The highest BCUT2D eigenvalue weighted by Crippen LogP contribution is 2.34. The number of nitrogens with zero attached hydrogens (tertiary/aromatic N) is 5. The van der Waals surface area contributed by atoms with Gasteiger partial charge < -0.3 is 14.3 Å². The molecule has 0 radical (unpaired) electrons. The van der Waals surface area contributed by atoms with E-state index in [0.29, 0.717) is 24.8 Å². The summed E-state index contributed by atoms with van der Waals surface area (Å²) in [7, 11) is 0. The van der Waals surface area contributed by atoms with Crippen LogP contribution in [0.4, 0.5) is 5.82 Å². The first-order valence-electron chi connectivity index (χ1n) is 10.6. The molecule has 2 fully saturated rings. The first-order chi connectivity index (χ1) is 14.7. The van der Waals surface area contributed by atoms with Crippen molar-refractivity contribution in [3.05, 3.63) is 46.1 Å². The molecule has 3 aromatic rings. The number of carbonyl (C=O) groups is 1. The topological polar surface area (TPSA) is 75.4 Å². The molecule has 8 heteroatoms. The van der Waals surface area contributed by atoms with Gasteiger partial charge in [0.15, 0.2) is 0 Å². The van der Waals surface area contributed by atoms with E-state index < -0.39 is 0 Å². The second-order valence-electron chi connectivity index (χ2n) is 8.03. The minimum atomic E-state index is 0.131. The maximum Gasteiger partial charge on any atom is 0.264 e. The maximum atomic E-state index is 12.6. The highest BCUT2D eigenvalue weighted by Gasteiger charge is 2.25. The third-order valence-electron chi connectivity index (χ3n) is 5.99. The van der Waals surface area contributed by atoms with Crippen LogP contribution in [-0.4, -0.2) is 52.1 Å². The molecule has 1 aliphatic heterocycles. The summed E-state index contributed by atoms with van der Waals surface area (Å²) >= 11 is 1.56. The van der Waals surface area contributed by atoms with Crippen molar-refractivity contribution >= 4 is 23.1 Å². The molecule has 1 aliphatic carbocycles. The summed E-state index contributed by atoms with van der Waals surface area (Å²) in [6.45, 7) is 4.98. The molecule has 0 unspecified atom stereocenters. The molecule has 30 heavy (non-hydrogen) atoms. The smallest absolute Gasteiger partial charge is 0.264 e. The molecule has 0 bridgehead atoms. The molecule has 0 atom stereocenters. The molecule has 5 rings (SSSR count). The second-order valence-corrected chi connectivity index (χ2v) is 9.32. The summed E-state index contributed by atoms with van der Waals surface area (Å²) in [6, 6.07) is 7.92. The van der Waals surface area contributed by atoms with Gasteiger partial charge in [-0.3, -0.25) is 4.79 Å². The SMILES string of the molecule is Cc1ccc(C(=O)N2CCN(c3ccc(-c4noc(C5CCCC5)n4)cn3)CC2)s1. The fraction of sp³-hybridized carbons (Fsp3) is 0.455. The number of anilines is 1. The number of pyridine rings is 1. The molecular weight excluding hydrogens is 398 g/mol. The van der Waals surface area contributed by atoms with Gasteiger partial charge in [0, 0.05) is 48.7 Å². The van der Waals surface area contributed by atoms with Gasteiger partial charge in [0.1, 0.15) is 5.82 Å². The second kappa shape index (κ2) is 8.18. The fourth-order valence-corrected chi connectivity index (χ4v) is 5.08. The van der Waals surface area contributed by atoms with E-state index in [0.717, 1.165) is 48.1 Å². The van der Waals surface area contributed by atoms with Crippen LogP contribution < -0.4 is 4.90 Å². The molecule has 0 spiro atoms. The first kappa shape index (κ1) is 19.2. The Bertz CT molecular complexity index is 1010. The molecular formula is C22H25N5O2S. The largest absolute Gasteiger partial charge is 0.353 e. The average Bonchev–Trinajstić information content (AvgIpc) is 3.55. The monoisotopic (exact) mass is 423 g/mol. The standard InChI is InChI=1S/C22H25N5O2S/c1-15-6-8-18(30-15)22(28)27-12-10-26(11-13-27)19-9-7-17(14-23-19)20-24-21(29-25-20)16-4-2-3-5-16/h6-9,14,16H,2-5,10-13H2,1H3. The third kappa shape index (κ3) is 3.84. The van der Waals surface area contributed by atoms with Crippen molar-refractivity contribution < 1.29 is 9.32 Å². The number of aromatic nitrogens is 3. The molecule has 156 valence electrons. The molecule has 3 aromatic heterocycles. The quantitative estimate of drug-likeness (QED) is 0.628. The van der Waals surface area contributed by atoms with Gasteiger partial charge in [-0.1, -0.05) is 18.0 Å². The van der Waals surface area contributed by atoms with Crippen molar-refractivity contribution in [2.24, 2.45) is 0 Å². The summed E-state index contributed by atoms with van der Waals surface area (Å²) in [5.74, 6) is 2.82. The highest BCUT2D eigenvalue weighted by atomic mass is 32.1. The van der Waals surface area contributed by atoms with Crippen molar-refractivity contribution in [1.82, 2.24) is 20.0 Å². The van der Waals surface area contributed by atoms with Crippen molar-refractivity contribution in [1.29, 1.82) is 0 Å². The van der Waals surface area contributed by atoms with Crippen LogP contribution in [0.25, 0.3) is 11.4 Å². The number of aryl methyl sites for hydroxylation is 1. The van der Waals surface area contributed by atoms with Gasteiger partial charge in [-0.15, -0.1) is 11.3 Å². The van der Waals surface area contributed by atoms with Crippen molar-refractivity contribution in [2.45, 2.75) is 38.5 Å². The zero-order valence-corrected chi connectivity index (χ0v) is 17.9. The predicted molar refractivity (Wildman–Crippen MR) is 116 cm³/mol. The number of carbonyl (C=O) groups excluding carboxylic acids is 1. The zero-order chi connectivity index (χ0) is 20.5. The van der Waals surface area contributed by atoms with Gasteiger partial charge in [0.25, 0.3) is 5.91 Å². The van der Waals surface area contributed by atoms with Gasteiger partial charge in [-0.25, -0.2) is 4.98 Å². The number of hydrogen-bond donors (Lipinski definition) is 0. The Balaban J connectivity index is 1.21. The maximum absolute atomic E-state index is 12.6. The molecule has 1 saturated carbocycles. The lowest BCUT2D eigenvalue weighted by molar-refractivity contribution is 0.0751. The minimum absolute atomic E-state index is 0.131. The van der Waals surface area contributed by atoms with Crippen LogP contribution >= 0.6 is 11.3 Å². The molecule has 1 saturated heterocycles. The van der Waals surface area contributed by atoms with Crippen LogP contribution in [-0.2, 0) is 0 Å². The van der Waals surface area contributed by atoms with E-state index in [1.807, 2.05) is 42.3 Å². The lowest BCUT2D eigenvalue weighted by Gasteiger charge is -2.35. The Kier molecular flexibility index (Phi) is 5.25. The van der Waals surface area contributed by atoms with Crippen molar-refractivity contribution in [3.63, 3.8) is 0 Å². The van der Waals surface area contributed by atoms with Crippen molar-refractivity contribution in [2.75, 3.05) is 31.1 Å². The van der Waals surface area contributed by atoms with Crippen LogP contribution in [0.1, 0.15) is 52.0 Å². The van der Waals surface area contributed by atoms with Gasteiger partial charge >= 0.3 is 0 Å². The Morgan fingerprint density at radius 2 is 1.90 bits per heavy atom. The van der Waals surface area contributed by atoms with E-state index in [9.17, 15) is 4.79 Å². The van der Waals surface area contributed by atoms with Gasteiger partial charge in [0.05, 0.1) is 4.88 Å². The van der Waals surface area contributed by atoms with E-state index in [2.05, 4.69) is 20.0 Å². The summed E-state index contributed by atoms with van der Waals surface area (Å²) in [4.78, 5) is 28.0. The molecule has 2 aliphatic rings. The van der Waals surface area contributed by atoms with E-state index in [4.69, 9.17) is 4.52 Å². The number of thiophene rings is 1.